The summed E-state index contributed by atoms with van der Waals surface area (Å²) in [5, 5.41) is 0. The molecule has 1 saturated heterocycles. The third-order valence-corrected chi connectivity index (χ3v) is 1.66. The summed E-state index contributed by atoms with van der Waals surface area (Å²) in [5.41, 5.74) is 1.95. The number of cyclic esters (lactones) is 2. The van der Waals surface area contributed by atoms with Gasteiger partial charge in [-0.05, 0) is 0 Å². The first kappa shape index (κ1) is 10.6. The summed E-state index contributed by atoms with van der Waals surface area (Å²) < 4.78 is 39.5. The molecule has 0 radical (unpaired) electrons. The molecule has 1 rings (SSSR count). The highest BCUT2D eigenvalue weighted by molar-refractivity contribution is 6.18. The van der Waals surface area contributed by atoms with E-state index in [1.54, 1.807) is 0 Å². The molecule has 0 aliphatic carbocycles. The average molecular weight is 211 g/mol. The molecule has 0 aromatic heterocycles. The molecule has 1 heterocycles. The van der Waals surface area contributed by atoms with Gasteiger partial charge >= 0.3 is 18.1 Å². The lowest BCUT2D eigenvalue weighted by molar-refractivity contribution is -0.179. The van der Waals surface area contributed by atoms with Crippen LogP contribution in [0.2, 0.25) is 0 Å². The van der Waals surface area contributed by atoms with E-state index in [2.05, 4.69) is 4.74 Å². The first-order valence-corrected chi connectivity index (χ1v) is 3.33. The van der Waals surface area contributed by atoms with Gasteiger partial charge in [-0.15, -0.1) is 0 Å². The fourth-order valence-corrected chi connectivity index (χ4v) is 0.956. The van der Waals surface area contributed by atoms with Gasteiger partial charge in [0.2, 0.25) is 0 Å². The topological polar surface area (TPSA) is 86.5 Å². The van der Waals surface area contributed by atoms with Crippen LogP contribution in [0.25, 0.3) is 0 Å². The van der Waals surface area contributed by atoms with Gasteiger partial charge in [-0.2, -0.15) is 13.2 Å². The van der Waals surface area contributed by atoms with Gasteiger partial charge in [0.25, 0.3) is 5.78 Å². The number of carbonyl (C=O) groups excluding carboxylic acids is 3. The van der Waals surface area contributed by atoms with Gasteiger partial charge in [0.05, 0.1) is 6.42 Å². The Labute approximate surface area is 75.0 Å². The lowest BCUT2D eigenvalue weighted by Crippen LogP contribution is -2.57. The second-order valence-electron chi connectivity index (χ2n) is 2.74. The first-order valence-electron chi connectivity index (χ1n) is 3.33. The third-order valence-electron chi connectivity index (χ3n) is 1.66. The van der Waals surface area contributed by atoms with Crippen molar-refractivity contribution >= 4 is 17.7 Å². The van der Waals surface area contributed by atoms with Gasteiger partial charge in [-0.25, -0.2) is 4.79 Å². The zero-order valence-corrected chi connectivity index (χ0v) is 6.55. The number of rotatable bonds is 1. The fourth-order valence-electron chi connectivity index (χ4n) is 0.956. The molecule has 0 amide bonds. The van der Waals surface area contributed by atoms with E-state index in [0.717, 1.165) is 0 Å². The molecule has 1 atom stereocenters. The standard InChI is InChI=1S/C6H4F3NO4/c7-6(8,9)3(12)5(10)1-2(11)14-4(5)13/h1,10H2/t5-/m0/s1. The maximum absolute atomic E-state index is 11.9. The summed E-state index contributed by atoms with van der Waals surface area (Å²) in [4.78, 5) is 31.8. The normalized spacial score (nSPS) is 27.7. The van der Waals surface area contributed by atoms with E-state index >= 15 is 0 Å². The van der Waals surface area contributed by atoms with Crippen molar-refractivity contribution < 1.29 is 32.3 Å². The largest absolute Gasteiger partial charge is 0.452 e. The molecule has 14 heavy (non-hydrogen) atoms. The quantitative estimate of drug-likeness (QED) is 0.457. The monoisotopic (exact) mass is 211 g/mol. The minimum Gasteiger partial charge on any atom is -0.391 e. The van der Waals surface area contributed by atoms with Gasteiger partial charge in [0, 0.05) is 0 Å². The molecule has 2 N–H and O–H groups in total. The maximum Gasteiger partial charge on any atom is 0.452 e. The van der Waals surface area contributed by atoms with Crippen LogP contribution in [0.15, 0.2) is 0 Å². The Morgan fingerprint density at radius 3 is 2.21 bits per heavy atom. The first-order chi connectivity index (χ1) is 6.18. The number of ether oxygens (including phenoxy) is 1. The number of halogens is 3. The van der Waals surface area contributed by atoms with Crippen LogP contribution in [-0.2, 0) is 19.1 Å². The summed E-state index contributed by atoms with van der Waals surface area (Å²) in [7, 11) is 0. The van der Waals surface area contributed by atoms with Crippen LogP contribution in [0.4, 0.5) is 13.2 Å². The highest BCUT2D eigenvalue weighted by Crippen LogP contribution is 2.28. The number of hydrogen-bond donors (Lipinski definition) is 1. The van der Waals surface area contributed by atoms with E-state index in [0.29, 0.717) is 0 Å². The van der Waals surface area contributed by atoms with Crippen molar-refractivity contribution in [3.63, 3.8) is 0 Å². The van der Waals surface area contributed by atoms with Crippen molar-refractivity contribution in [3.05, 3.63) is 0 Å². The molecule has 1 aliphatic heterocycles. The molecular weight excluding hydrogens is 207 g/mol. The van der Waals surface area contributed by atoms with Crippen molar-refractivity contribution in [3.8, 4) is 0 Å². The molecule has 1 aliphatic rings. The molecule has 0 aromatic carbocycles. The van der Waals surface area contributed by atoms with Crippen LogP contribution in [0.1, 0.15) is 6.42 Å². The van der Waals surface area contributed by atoms with Crippen LogP contribution in [0.5, 0.6) is 0 Å². The van der Waals surface area contributed by atoms with E-state index in [4.69, 9.17) is 5.73 Å². The van der Waals surface area contributed by atoms with Gasteiger partial charge in [0.15, 0.2) is 5.54 Å². The zero-order valence-electron chi connectivity index (χ0n) is 6.55. The van der Waals surface area contributed by atoms with Crippen LogP contribution in [-0.4, -0.2) is 29.4 Å². The predicted molar refractivity (Wildman–Crippen MR) is 33.7 cm³/mol. The number of nitrogens with two attached hydrogens (primary N) is 1. The summed E-state index contributed by atoms with van der Waals surface area (Å²) >= 11 is 0. The summed E-state index contributed by atoms with van der Waals surface area (Å²) in [6.45, 7) is 0. The van der Waals surface area contributed by atoms with Crippen molar-refractivity contribution in [1.29, 1.82) is 0 Å². The Hall–Kier alpha value is -1.44. The highest BCUT2D eigenvalue weighted by atomic mass is 19.4. The second kappa shape index (κ2) is 2.77. The van der Waals surface area contributed by atoms with E-state index in [9.17, 15) is 27.6 Å². The van der Waals surface area contributed by atoms with Gasteiger partial charge in [-0.3, -0.25) is 9.59 Å². The number of carbonyl (C=O) groups is 3. The van der Waals surface area contributed by atoms with E-state index in [1.165, 1.54) is 0 Å². The summed E-state index contributed by atoms with van der Waals surface area (Å²) in [6.07, 6.45) is -6.34. The van der Waals surface area contributed by atoms with Crippen molar-refractivity contribution in [2.24, 2.45) is 5.73 Å². The van der Waals surface area contributed by atoms with Crippen LogP contribution >= 0.6 is 0 Å². The van der Waals surface area contributed by atoms with Crippen molar-refractivity contribution in [2.75, 3.05) is 0 Å². The Morgan fingerprint density at radius 2 is 1.93 bits per heavy atom. The fraction of sp³-hybridized carbons (Fsp3) is 0.500. The summed E-state index contributed by atoms with van der Waals surface area (Å²) in [6, 6.07) is 0. The van der Waals surface area contributed by atoms with Crippen molar-refractivity contribution in [1.82, 2.24) is 0 Å². The smallest absolute Gasteiger partial charge is 0.391 e. The minimum absolute atomic E-state index is 1.08. The predicted octanol–water partition coefficient (Wildman–Crippen LogP) is -0.711. The van der Waals surface area contributed by atoms with Crippen molar-refractivity contribution in [2.45, 2.75) is 18.1 Å². The SMILES string of the molecule is N[C@]1(C(=O)C(F)(F)F)CC(=O)OC1=O. The third kappa shape index (κ3) is 1.48. The van der Waals surface area contributed by atoms with Crippen LogP contribution in [0.3, 0.4) is 0 Å². The molecule has 0 spiro atoms. The number of Topliss-reactive ketones (excluding diaryl/α,β-unsaturated/α-hetero) is 1. The number of alkyl halides is 3. The number of hydrogen-bond acceptors (Lipinski definition) is 5. The highest BCUT2D eigenvalue weighted by Gasteiger charge is 2.60. The van der Waals surface area contributed by atoms with Gasteiger partial charge < -0.3 is 10.5 Å². The van der Waals surface area contributed by atoms with Crippen LogP contribution in [0, 0.1) is 0 Å². The minimum atomic E-state index is -5.27. The average Bonchev–Trinajstić information content (AvgIpc) is 2.24. The lowest BCUT2D eigenvalue weighted by Gasteiger charge is -2.17. The Balaban J connectivity index is 3.03. The molecule has 5 nitrogen and oxygen atoms in total. The van der Waals surface area contributed by atoms with Gasteiger partial charge in [-0.1, -0.05) is 0 Å². The molecule has 0 unspecified atom stereocenters. The van der Waals surface area contributed by atoms with Gasteiger partial charge in [0.1, 0.15) is 0 Å². The Kier molecular flexibility index (Phi) is 2.11. The lowest BCUT2D eigenvalue weighted by atomic mass is 9.93. The zero-order chi connectivity index (χ0) is 11.1. The van der Waals surface area contributed by atoms with E-state index < -0.39 is 35.9 Å². The van der Waals surface area contributed by atoms with E-state index in [1.807, 2.05) is 0 Å². The molecule has 0 bridgehead atoms. The van der Waals surface area contributed by atoms with E-state index in [-0.39, 0.29) is 0 Å². The Bertz CT molecular complexity index is 324. The number of ketones is 1. The number of esters is 2. The summed E-state index contributed by atoms with van der Waals surface area (Å²) in [5.74, 6) is -5.37. The second-order valence-corrected chi connectivity index (χ2v) is 2.74. The molecule has 0 aromatic rings. The Morgan fingerprint density at radius 1 is 1.43 bits per heavy atom. The van der Waals surface area contributed by atoms with Crippen LogP contribution < -0.4 is 5.73 Å². The molecule has 8 heteroatoms. The maximum atomic E-state index is 11.9. The molecule has 78 valence electrons. The molecular formula is C6H4F3NO4. The molecule has 1 fully saturated rings. The molecule has 0 saturated carbocycles.